The van der Waals surface area contributed by atoms with Crippen LogP contribution in [0.1, 0.15) is 39.0 Å². The van der Waals surface area contributed by atoms with Gasteiger partial charge in [-0.2, -0.15) is 0 Å². The molecule has 0 aromatic carbocycles. The number of aliphatic imine (C=N–C) groups is 1. The molecule has 0 spiro atoms. The second-order valence-electron chi connectivity index (χ2n) is 4.92. The number of nitrogens with one attached hydrogen (secondary N) is 1. The van der Waals surface area contributed by atoms with Crippen molar-refractivity contribution in [2.45, 2.75) is 51.1 Å². The maximum Gasteiger partial charge on any atom is 0.188 e. The van der Waals surface area contributed by atoms with Crippen molar-refractivity contribution < 1.29 is 0 Å². The van der Waals surface area contributed by atoms with Crippen molar-refractivity contribution in [3.8, 4) is 0 Å². The summed E-state index contributed by atoms with van der Waals surface area (Å²) in [6.07, 6.45) is 6.82. The van der Waals surface area contributed by atoms with E-state index in [2.05, 4.69) is 15.2 Å². The van der Waals surface area contributed by atoms with Gasteiger partial charge < -0.3 is 11.1 Å². The van der Waals surface area contributed by atoms with Gasteiger partial charge in [-0.05, 0) is 26.2 Å². The molecule has 1 heterocycles. The number of nitrogens with two attached hydrogens (primary N) is 1. The zero-order chi connectivity index (χ0) is 11.4. The smallest absolute Gasteiger partial charge is 0.188 e. The molecule has 3 N–H and O–H groups in total. The molecule has 1 aliphatic heterocycles. The summed E-state index contributed by atoms with van der Waals surface area (Å²) in [6, 6.07) is 1.35. The van der Waals surface area contributed by atoms with Gasteiger partial charge in [0.25, 0.3) is 0 Å². The van der Waals surface area contributed by atoms with Crippen LogP contribution in [-0.2, 0) is 0 Å². The first-order valence-corrected chi connectivity index (χ1v) is 6.60. The molecular formula is C12H24N4. The molecular weight excluding hydrogens is 200 g/mol. The van der Waals surface area contributed by atoms with E-state index < -0.39 is 0 Å². The van der Waals surface area contributed by atoms with Crippen molar-refractivity contribution in [3.63, 3.8) is 0 Å². The highest BCUT2D eigenvalue weighted by Gasteiger charge is 2.29. The monoisotopic (exact) mass is 224 g/mol. The number of nitrogens with zero attached hydrogens (tertiary/aromatic N) is 2. The van der Waals surface area contributed by atoms with Crippen LogP contribution in [0.2, 0.25) is 0 Å². The van der Waals surface area contributed by atoms with E-state index in [4.69, 9.17) is 5.73 Å². The number of guanidine groups is 1. The van der Waals surface area contributed by atoms with Crippen LogP contribution in [0, 0.1) is 0 Å². The van der Waals surface area contributed by atoms with Crippen LogP contribution >= 0.6 is 0 Å². The molecule has 2 aliphatic rings. The Bertz CT molecular complexity index is 245. The summed E-state index contributed by atoms with van der Waals surface area (Å²) >= 11 is 0. The van der Waals surface area contributed by atoms with E-state index in [9.17, 15) is 0 Å². The average Bonchev–Trinajstić information content (AvgIpc) is 2.86. The van der Waals surface area contributed by atoms with Gasteiger partial charge in [0, 0.05) is 31.7 Å². The lowest BCUT2D eigenvalue weighted by molar-refractivity contribution is 0.242. The standard InChI is InChI=1S/C12H24N4/c1-2-14-12(13)15-10-7-8-16(9-10)11-5-3-4-6-11/h10-11H,2-9H2,1H3,(H3,13,14,15). The summed E-state index contributed by atoms with van der Waals surface area (Å²) in [5.74, 6) is 0.612. The summed E-state index contributed by atoms with van der Waals surface area (Å²) in [6.45, 7) is 5.14. The van der Waals surface area contributed by atoms with Crippen LogP contribution in [0.25, 0.3) is 0 Å². The molecule has 0 bridgehead atoms. The van der Waals surface area contributed by atoms with Crippen molar-refractivity contribution in [2.24, 2.45) is 10.7 Å². The molecule has 2 fully saturated rings. The topological polar surface area (TPSA) is 53.6 Å². The van der Waals surface area contributed by atoms with Crippen LogP contribution in [0.3, 0.4) is 0 Å². The fraction of sp³-hybridized carbons (Fsp3) is 0.917. The van der Waals surface area contributed by atoms with Gasteiger partial charge in [-0.1, -0.05) is 12.8 Å². The Hall–Kier alpha value is -0.770. The average molecular weight is 224 g/mol. The van der Waals surface area contributed by atoms with Gasteiger partial charge in [-0.15, -0.1) is 0 Å². The highest BCUT2D eigenvalue weighted by molar-refractivity contribution is 5.78. The van der Waals surface area contributed by atoms with E-state index in [0.29, 0.717) is 12.0 Å². The zero-order valence-corrected chi connectivity index (χ0v) is 10.3. The van der Waals surface area contributed by atoms with E-state index in [-0.39, 0.29) is 0 Å². The van der Waals surface area contributed by atoms with Crippen molar-refractivity contribution >= 4 is 5.96 Å². The molecule has 0 aromatic rings. The van der Waals surface area contributed by atoms with Gasteiger partial charge >= 0.3 is 0 Å². The van der Waals surface area contributed by atoms with E-state index in [1.807, 2.05) is 6.92 Å². The fourth-order valence-electron chi connectivity index (χ4n) is 2.93. The minimum absolute atomic E-state index is 0.510. The Morgan fingerprint density at radius 3 is 2.81 bits per heavy atom. The minimum Gasteiger partial charge on any atom is -0.370 e. The lowest BCUT2D eigenvalue weighted by Crippen LogP contribution is -2.42. The van der Waals surface area contributed by atoms with Gasteiger partial charge in [0.2, 0.25) is 0 Å². The predicted octanol–water partition coefficient (Wildman–Crippen LogP) is 0.928. The first kappa shape index (κ1) is 11.7. The molecule has 92 valence electrons. The third-order valence-corrected chi connectivity index (χ3v) is 3.74. The molecule has 4 nitrogen and oxygen atoms in total. The van der Waals surface area contributed by atoms with Crippen LogP contribution in [0.5, 0.6) is 0 Å². The third-order valence-electron chi connectivity index (χ3n) is 3.74. The van der Waals surface area contributed by atoms with Crippen molar-refractivity contribution in [1.29, 1.82) is 0 Å². The number of likely N-dealkylation sites (tertiary alicyclic amines) is 1. The Morgan fingerprint density at radius 2 is 2.12 bits per heavy atom. The van der Waals surface area contributed by atoms with Crippen LogP contribution in [0.15, 0.2) is 4.99 Å². The summed E-state index contributed by atoms with van der Waals surface area (Å²) in [4.78, 5) is 6.80. The number of hydrogen-bond donors (Lipinski definition) is 2. The van der Waals surface area contributed by atoms with E-state index >= 15 is 0 Å². The maximum absolute atomic E-state index is 5.78. The van der Waals surface area contributed by atoms with Crippen LogP contribution in [0.4, 0.5) is 0 Å². The van der Waals surface area contributed by atoms with Crippen molar-refractivity contribution in [2.75, 3.05) is 19.6 Å². The Labute approximate surface area is 98.3 Å². The molecule has 16 heavy (non-hydrogen) atoms. The third kappa shape index (κ3) is 2.88. The molecule has 2 rings (SSSR count). The molecule has 0 radical (unpaired) electrons. The lowest BCUT2D eigenvalue weighted by Gasteiger charge is -2.23. The molecule has 1 atom stereocenters. The van der Waals surface area contributed by atoms with Crippen molar-refractivity contribution in [3.05, 3.63) is 0 Å². The lowest BCUT2D eigenvalue weighted by atomic mass is 10.2. The molecule has 1 unspecified atom stereocenters. The molecule has 0 aromatic heterocycles. The van der Waals surface area contributed by atoms with Gasteiger partial charge in [0.15, 0.2) is 5.96 Å². The Kier molecular flexibility index (Phi) is 4.04. The fourth-order valence-corrected chi connectivity index (χ4v) is 2.93. The Balaban J connectivity index is 1.76. The zero-order valence-electron chi connectivity index (χ0n) is 10.3. The quantitative estimate of drug-likeness (QED) is 0.554. The van der Waals surface area contributed by atoms with Crippen molar-refractivity contribution in [1.82, 2.24) is 10.2 Å². The molecule has 1 aliphatic carbocycles. The number of hydrogen-bond acceptors (Lipinski definition) is 2. The molecule has 4 heteroatoms. The largest absolute Gasteiger partial charge is 0.370 e. The molecule has 1 saturated carbocycles. The van der Waals surface area contributed by atoms with Crippen LogP contribution < -0.4 is 11.1 Å². The normalized spacial score (nSPS) is 28.8. The highest BCUT2D eigenvalue weighted by atomic mass is 15.2. The van der Waals surface area contributed by atoms with Gasteiger partial charge in [0.1, 0.15) is 0 Å². The molecule has 1 saturated heterocycles. The predicted molar refractivity (Wildman–Crippen MR) is 67.5 cm³/mol. The second-order valence-corrected chi connectivity index (χ2v) is 4.92. The van der Waals surface area contributed by atoms with E-state index in [1.54, 1.807) is 0 Å². The summed E-state index contributed by atoms with van der Waals surface area (Å²) in [7, 11) is 0. The second kappa shape index (κ2) is 5.53. The first-order chi connectivity index (χ1) is 7.79. The highest BCUT2D eigenvalue weighted by Crippen LogP contribution is 2.26. The number of rotatable bonds is 3. The summed E-state index contributed by atoms with van der Waals surface area (Å²) < 4.78 is 0. The maximum atomic E-state index is 5.78. The van der Waals surface area contributed by atoms with Gasteiger partial charge in [0.05, 0.1) is 0 Å². The first-order valence-electron chi connectivity index (χ1n) is 6.60. The molecule has 0 amide bonds. The van der Waals surface area contributed by atoms with E-state index in [1.165, 1.54) is 38.6 Å². The minimum atomic E-state index is 0.510. The summed E-state index contributed by atoms with van der Waals surface area (Å²) in [5, 5.41) is 3.32. The summed E-state index contributed by atoms with van der Waals surface area (Å²) in [5.41, 5.74) is 5.78. The Morgan fingerprint density at radius 1 is 1.38 bits per heavy atom. The van der Waals surface area contributed by atoms with Gasteiger partial charge in [-0.25, -0.2) is 0 Å². The SMILES string of the molecule is CCN=C(N)NC1CCN(C2CCCC2)C1. The van der Waals surface area contributed by atoms with Crippen LogP contribution in [-0.4, -0.2) is 42.6 Å². The van der Waals surface area contributed by atoms with Gasteiger partial charge in [-0.3, -0.25) is 9.89 Å². The van der Waals surface area contributed by atoms with E-state index in [0.717, 1.165) is 19.1 Å².